The molecule has 0 aliphatic heterocycles. The molecule has 0 radical (unpaired) electrons. The minimum atomic E-state index is -0.737. The molecule has 1 amide bonds. The largest absolute Gasteiger partial charge is 0.481 e. The van der Waals surface area contributed by atoms with Crippen LogP contribution >= 0.6 is 27.3 Å². The molecule has 3 aliphatic carbocycles. The second kappa shape index (κ2) is 9.07. The number of benzene rings is 1. The maximum atomic E-state index is 13.3. The zero-order chi connectivity index (χ0) is 22.2. The lowest BCUT2D eigenvalue weighted by Crippen LogP contribution is -2.63. The first-order valence-electron chi connectivity index (χ1n) is 11.1. The van der Waals surface area contributed by atoms with Crippen LogP contribution in [0.15, 0.2) is 40.2 Å². The van der Waals surface area contributed by atoms with Crippen LogP contribution in [0.2, 0.25) is 0 Å². The summed E-state index contributed by atoms with van der Waals surface area (Å²) in [4.78, 5) is 24.0. The van der Waals surface area contributed by atoms with Crippen molar-refractivity contribution >= 4 is 49.2 Å². The molecular formula is C25H30BrNO3S. The van der Waals surface area contributed by atoms with Crippen LogP contribution in [0.3, 0.4) is 0 Å². The smallest absolute Gasteiger partial charge is 0.303 e. The van der Waals surface area contributed by atoms with Crippen LogP contribution in [0.1, 0.15) is 62.7 Å². The lowest BCUT2D eigenvalue weighted by molar-refractivity contribution is -0.137. The standard InChI is InChI=1S/C25H30BrNO3S/c1-25(2)16-12-15(8-5-3-4-6-11-21(28)29)22(19(25)13-16)27-24(30)18-10-7-9-17-20(26)14-31-23(17)18/h3,5,7,9-10,14-16,19,22H,4,6,8,11-13H2,1-2H3,(H,27,30)(H,28,29)/t15-,16+,19+,22?/m0/s1. The molecule has 1 aromatic carbocycles. The highest BCUT2D eigenvalue weighted by molar-refractivity contribution is 9.10. The Bertz CT molecular complexity index is 1010. The van der Waals surface area contributed by atoms with Gasteiger partial charge in [-0.15, -0.1) is 11.3 Å². The zero-order valence-electron chi connectivity index (χ0n) is 18.1. The summed E-state index contributed by atoms with van der Waals surface area (Å²) in [5.41, 5.74) is 1.04. The number of allylic oxidation sites excluding steroid dienone is 2. The van der Waals surface area contributed by atoms with E-state index in [1.807, 2.05) is 23.6 Å². The molecule has 1 unspecified atom stereocenters. The Morgan fingerprint density at radius 1 is 1.29 bits per heavy atom. The Morgan fingerprint density at radius 3 is 2.84 bits per heavy atom. The van der Waals surface area contributed by atoms with E-state index in [9.17, 15) is 9.59 Å². The Balaban J connectivity index is 1.47. The first-order chi connectivity index (χ1) is 14.8. The number of aliphatic carboxylic acids is 1. The zero-order valence-corrected chi connectivity index (χ0v) is 20.5. The van der Waals surface area contributed by atoms with Gasteiger partial charge in [-0.25, -0.2) is 0 Å². The van der Waals surface area contributed by atoms with Crippen LogP contribution < -0.4 is 5.32 Å². The molecule has 1 aromatic heterocycles. The number of carbonyl (C=O) groups is 2. The Hall–Kier alpha value is -1.66. The fraction of sp³-hybridized carbons (Fsp3) is 0.520. The van der Waals surface area contributed by atoms with Crippen LogP contribution in [0.25, 0.3) is 10.1 Å². The van der Waals surface area contributed by atoms with E-state index in [-0.39, 0.29) is 23.8 Å². The highest BCUT2D eigenvalue weighted by Gasteiger charge is 2.57. The van der Waals surface area contributed by atoms with Gasteiger partial charge in [0.25, 0.3) is 5.91 Å². The second-order valence-electron chi connectivity index (χ2n) is 9.61. The van der Waals surface area contributed by atoms with E-state index in [0.29, 0.717) is 18.3 Å². The molecule has 5 rings (SSSR count). The van der Waals surface area contributed by atoms with Crippen molar-refractivity contribution in [3.8, 4) is 0 Å². The van der Waals surface area contributed by atoms with Crippen molar-refractivity contribution in [2.75, 3.05) is 0 Å². The topological polar surface area (TPSA) is 66.4 Å². The molecule has 0 spiro atoms. The Labute approximate surface area is 196 Å². The molecule has 166 valence electrons. The van der Waals surface area contributed by atoms with Gasteiger partial charge in [0.1, 0.15) is 0 Å². The minimum absolute atomic E-state index is 0.0292. The van der Waals surface area contributed by atoms with Crippen molar-refractivity contribution in [3.05, 3.63) is 45.8 Å². The van der Waals surface area contributed by atoms with E-state index in [2.05, 4.69) is 47.2 Å². The van der Waals surface area contributed by atoms with Gasteiger partial charge in [-0.2, -0.15) is 0 Å². The third kappa shape index (κ3) is 4.47. The van der Waals surface area contributed by atoms with Gasteiger partial charge in [0.15, 0.2) is 0 Å². The van der Waals surface area contributed by atoms with Gasteiger partial charge < -0.3 is 10.4 Å². The van der Waals surface area contributed by atoms with Crippen LogP contribution in [-0.2, 0) is 4.79 Å². The van der Waals surface area contributed by atoms with Crippen LogP contribution in [0, 0.1) is 23.2 Å². The minimum Gasteiger partial charge on any atom is -0.481 e. The molecular weight excluding hydrogens is 474 g/mol. The number of rotatable bonds is 8. The van der Waals surface area contributed by atoms with E-state index >= 15 is 0 Å². The molecule has 2 bridgehead atoms. The number of fused-ring (bicyclic) bond motifs is 3. The van der Waals surface area contributed by atoms with E-state index < -0.39 is 5.97 Å². The summed E-state index contributed by atoms with van der Waals surface area (Å²) in [6, 6.07) is 6.10. The third-order valence-corrected chi connectivity index (χ3v) is 9.53. The molecule has 4 nitrogen and oxygen atoms in total. The number of carboxylic acids is 1. The molecule has 3 fully saturated rings. The number of carboxylic acid groups (broad SMARTS) is 1. The van der Waals surface area contributed by atoms with E-state index in [1.54, 1.807) is 11.3 Å². The number of nitrogens with one attached hydrogen (secondary N) is 1. The van der Waals surface area contributed by atoms with Crippen molar-refractivity contribution in [3.63, 3.8) is 0 Å². The van der Waals surface area contributed by atoms with Gasteiger partial charge >= 0.3 is 5.97 Å². The number of amides is 1. The highest BCUT2D eigenvalue weighted by atomic mass is 79.9. The van der Waals surface area contributed by atoms with E-state index in [0.717, 1.165) is 45.3 Å². The summed E-state index contributed by atoms with van der Waals surface area (Å²) in [7, 11) is 0. The van der Waals surface area contributed by atoms with Crippen molar-refractivity contribution in [2.24, 2.45) is 23.2 Å². The third-order valence-electron chi connectivity index (χ3n) is 7.54. The van der Waals surface area contributed by atoms with E-state index in [4.69, 9.17) is 5.11 Å². The number of hydrogen-bond donors (Lipinski definition) is 2. The molecule has 3 saturated carbocycles. The summed E-state index contributed by atoms with van der Waals surface area (Å²) in [6.07, 6.45) is 9.27. The maximum absolute atomic E-state index is 13.3. The molecule has 3 aliphatic rings. The highest BCUT2D eigenvalue weighted by Crippen LogP contribution is 2.61. The van der Waals surface area contributed by atoms with Gasteiger partial charge in [-0.3, -0.25) is 9.59 Å². The molecule has 1 heterocycles. The van der Waals surface area contributed by atoms with Crippen molar-refractivity contribution in [2.45, 2.75) is 58.4 Å². The number of carbonyl (C=O) groups excluding carboxylic acids is 1. The quantitative estimate of drug-likeness (QED) is 0.313. The SMILES string of the molecule is CC1(C)[C@@H]2C[C@H](CC=CCCCC(=O)O)C(NC(=O)c3cccc4c(Br)csc34)[C@H]1C2. The Morgan fingerprint density at radius 2 is 2.10 bits per heavy atom. The molecule has 2 aromatic rings. The Kier molecular flexibility index (Phi) is 6.59. The normalized spacial score (nSPS) is 26.7. The summed E-state index contributed by atoms with van der Waals surface area (Å²) in [6.45, 7) is 4.69. The monoisotopic (exact) mass is 503 g/mol. The van der Waals surface area contributed by atoms with Gasteiger partial charge in [0, 0.05) is 32.4 Å². The average Bonchev–Trinajstić information content (AvgIpc) is 3.11. The fourth-order valence-corrected chi connectivity index (χ4v) is 7.24. The van der Waals surface area contributed by atoms with Crippen molar-refractivity contribution in [1.29, 1.82) is 0 Å². The fourth-order valence-electron chi connectivity index (χ4n) is 5.56. The summed E-state index contributed by atoms with van der Waals surface area (Å²) in [5, 5.41) is 15.3. The number of halogens is 1. The van der Waals surface area contributed by atoms with Crippen LogP contribution in [-0.4, -0.2) is 23.0 Å². The van der Waals surface area contributed by atoms with Gasteiger partial charge in [-0.1, -0.05) is 38.1 Å². The first-order valence-corrected chi connectivity index (χ1v) is 12.8. The van der Waals surface area contributed by atoms with Crippen molar-refractivity contribution < 1.29 is 14.7 Å². The second-order valence-corrected chi connectivity index (χ2v) is 11.3. The van der Waals surface area contributed by atoms with Gasteiger partial charge in [-0.05, 0) is 77.3 Å². The lowest BCUT2D eigenvalue weighted by Gasteiger charge is -2.62. The van der Waals surface area contributed by atoms with E-state index in [1.165, 1.54) is 6.42 Å². The number of hydrogen-bond acceptors (Lipinski definition) is 3. The molecule has 6 heteroatoms. The van der Waals surface area contributed by atoms with Gasteiger partial charge in [0.2, 0.25) is 0 Å². The van der Waals surface area contributed by atoms with Crippen molar-refractivity contribution in [1.82, 2.24) is 5.32 Å². The summed E-state index contributed by atoms with van der Waals surface area (Å²) in [5.74, 6) is 0.966. The van der Waals surface area contributed by atoms with Crippen LogP contribution in [0.4, 0.5) is 0 Å². The molecule has 0 saturated heterocycles. The number of thiophene rings is 1. The van der Waals surface area contributed by atoms with Crippen LogP contribution in [0.5, 0.6) is 0 Å². The molecule has 31 heavy (non-hydrogen) atoms. The first kappa shape index (κ1) is 22.5. The molecule has 2 N–H and O–H groups in total. The lowest BCUT2D eigenvalue weighted by atomic mass is 9.44. The predicted molar refractivity (Wildman–Crippen MR) is 130 cm³/mol. The average molecular weight is 504 g/mol. The summed E-state index contributed by atoms with van der Waals surface area (Å²) >= 11 is 5.19. The van der Waals surface area contributed by atoms with Gasteiger partial charge in [0.05, 0.1) is 5.56 Å². The predicted octanol–water partition coefficient (Wildman–Crippen LogP) is 6.65. The number of unbranched alkanes of at least 4 members (excludes halogenated alkanes) is 1. The summed E-state index contributed by atoms with van der Waals surface area (Å²) < 4.78 is 2.07. The maximum Gasteiger partial charge on any atom is 0.303 e. The molecule has 4 atom stereocenters.